The third kappa shape index (κ3) is 1.93. The lowest BCUT2D eigenvalue weighted by Gasteiger charge is -2.21. The molecule has 0 radical (unpaired) electrons. The van der Waals surface area contributed by atoms with E-state index in [1.807, 2.05) is 0 Å². The van der Waals surface area contributed by atoms with Gasteiger partial charge in [-0.15, -0.1) is 0 Å². The molecule has 2 heterocycles. The molecule has 2 rings (SSSR count). The molecule has 0 unspecified atom stereocenters. The van der Waals surface area contributed by atoms with Gasteiger partial charge < -0.3 is 4.74 Å². The Bertz CT molecular complexity index is 329. The molecule has 0 amide bonds. The molecule has 0 bridgehead atoms. The van der Waals surface area contributed by atoms with Crippen LogP contribution in [0.3, 0.4) is 0 Å². The number of ether oxygens (including phenoxy) is 1. The standard InChI is InChI=1S/C9H10BrFN2O/c10-9-7(11)8(12-5-13-9)6-1-3-14-4-2-6/h5-6H,1-4H2. The molecule has 0 N–H and O–H groups in total. The van der Waals surface area contributed by atoms with Crippen LogP contribution in [0.25, 0.3) is 0 Å². The largest absolute Gasteiger partial charge is 0.381 e. The predicted octanol–water partition coefficient (Wildman–Crippen LogP) is 2.27. The highest BCUT2D eigenvalue weighted by Crippen LogP contribution is 2.28. The Kier molecular flexibility index (Phi) is 3.08. The van der Waals surface area contributed by atoms with Gasteiger partial charge in [-0.1, -0.05) is 0 Å². The molecule has 1 aliphatic heterocycles. The summed E-state index contributed by atoms with van der Waals surface area (Å²) in [6.07, 6.45) is 3.05. The lowest BCUT2D eigenvalue weighted by atomic mass is 9.96. The van der Waals surface area contributed by atoms with E-state index in [0.717, 1.165) is 12.8 Å². The first kappa shape index (κ1) is 9.98. The monoisotopic (exact) mass is 260 g/mol. The first-order chi connectivity index (χ1) is 6.79. The van der Waals surface area contributed by atoms with E-state index in [9.17, 15) is 4.39 Å². The Balaban J connectivity index is 2.26. The second-order valence-electron chi connectivity index (χ2n) is 3.25. The molecular formula is C9H10BrFN2O. The maximum Gasteiger partial charge on any atom is 0.177 e. The zero-order valence-electron chi connectivity index (χ0n) is 7.54. The minimum atomic E-state index is -0.334. The molecule has 1 fully saturated rings. The van der Waals surface area contributed by atoms with Gasteiger partial charge in [-0.2, -0.15) is 0 Å². The molecule has 1 aromatic heterocycles. The van der Waals surface area contributed by atoms with Crippen molar-refractivity contribution in [2.45, 2.75) is 18.8 Å². The average molecular weight is 261 g/mol. The summed E-state index contributed by atoms with van der Waals surface area (Å²) >= 11 is 3.06. The smallest absolute Gasteiger partial charge is 0.177 e. The van der Waals surface area contributed by atoms with E-state index < -0.39 is 0 Å². The van der Waals surface area contributed by atoms with Crippen molar-refractivity contribution in [1.29, 1.82) is 0 Å². The molecule has 0 atom stereocenters. The molecule has 0 spiro atoms. The van der Waals surface area contributed by atoms with Crippen molar-refractivity contribution in [1.82, 2.24) is 9.97 Å². The second kappa shape index (κ2) is 4.31. The van der Waals surface area contributed by atoms with Crippen molar-refractivity contribution in [2.24, 2.45) is 0 Å². The van der Waals surface area contributed by atoms with Crippen LogP contribution in [0.1, 0.15) is 24.5 Å². The van der Waals surface area contributed by atoms with Crippen LogP contribution in [0.5, 0.6) is 0 Å². The molecular weight excluding hydrogens is 251 g/mol. The third-order valence-corrected chi connectivity index (χ3v) is 2.93. The van der Waals surface area contributed by atoms with Crippen LogP contribution < -0.4 is 0 Å². The summed E-state index contributed by atoms with van der Waals surface area (Å²) in [4.78, 5) is 7.72. The van der Waals surface area contributed by atoms with Gasteiger partial charge in [0.1, 0.15) is 10.9 Å². The molecule has 0 aliphatic carbocycles. The predicted molar refractivity (Wildman–Crippen MR) is 52.5 cm³/mol. The number of aromatic nitrogens is 2. The van der Waals surface area contributed by atoms with E-state index >= 15 is 0 Å². The molecule has 76 valence electrons. The fourth-order valence-electron chi connectivity index (χ4n) is 1.62. The van der Waals surface area contributed by atoms with Gasteiger partial charge in [0.05, 0.1) is 5.69 Å². The first-order valence-corrected chi connectivity index (χ1v) is 5.32. The van der Waals surface area contributed by atoms with E-state index in [1.54, 1.807) is 0 Å². The summed E-state index contributed by atoms with van der Waals surface area (Å²) in [5.41, 5.74) is 0.509. The summed E-state index contributed by atoms with van der Waals surface area (Å²) in [6, 6.07) is 0. The van der Waals surface area contributed by atoms with Gasteiger partial charge in [0.2, 0.25) is 0 Å². The summed E-state index contributed by atoms with van der Waals surface area (Å²) < 4.78 is 19.0. The Morgan fingerprint density at radius 1 is 1.36 bits per heavy atom. The van der Waals surface area contributed by atoms with Crippen molar-refractivity contribution in [3.63, 3.8) is 0 Å². The van der Waals surface area contributed by atoms with Crippen molar-refractivity contribution >= 4 is 15.9 Å². The second-order valence-corrected chi connectivity index (χ2v) is 4.00. The number of nitrogens with zero attached hydrogens (tertiary/aromatic N) is 2. The quantitative estimate of drug-likeness (QED) is 0.727. The molecule has 1 aliphatic rings. The fourth-order valence-corrected chi connectivity index (χ4v) is 1.91. The van der Waals surface area contributed by atoms with Crippen molar-refractivity contribution in [3.05, 3.63) is 22.4 Å². The highest BCUT2D eigenvalue weighted by molar-refractivity contribution is 9.10. The average Bonchev–Trinajstić information content (AvgIpc) is 2.23. The maximum atomic E-state index is 13.6. The molecule has 0 saturated carbocycles. The van der Waals surface area contributed by atoms with E-state index in [4.69, 9.17) is 4.74 Å². The lowest BCUT2D eigenvalue weighted by molar-refractivity contribution is 0.0836. The number of hydrogen-bond acceptors (Lipinski definition) is 3. The van der Waals surface area contributed by atoms with Crippen LogP contribution in [-0.2, 0) is 4.74 Å². The van der Waals surface area contributed by atoms with Gasteiger partial charge in [0.15, 0.2) is 5.82 Å². The molecule has 5 heteroatoms. The third-order valence-electron chi connectivity index (χ3n) is 2.38. The first-order valence-electron chi connectivity index (χ1n) is 4.52. The molecule has 14 heavy (non-hydrogen) atoms. The van der Waals surface area contributed by atoms with Crippen LogP contribution in [0.2, 0.25) is 0 Å². The van der Waals surface area contributed by atoms with Gasteiger partial charge in [-0.3, -0.25) is 0 Å². The van der Waals surface area contributed by atoms with Gasteiger partial charge in [-0.25, -0.2) is 14.4 Å². The summed E-state index contributed by atoms with van der Waals surface area (Å²) in [5.74, 6) is -0.164. The van der Waals surface area contributed by atoms with E-state index in [0.29, 0.717) is 18.9 Å². The highest BCUT2D eigenvalue weighted by Gasteiger charge is 2.22. The van der Waals surface area contributed by atoms with Crippen LogP contribution >= 0.6 is 15.9 Å². The summed E-state index contributed by atoms with van der Waals surface area (Å²) in [6.45, 7) is 1.37. The van der Waals surface area contributed by atoms with Crippen LogP contribution in [-0.4, -0.2) is 23.2 Å². The normalized spacial score (nSPS) is 18.4. The summed E-state index contributed by atoms with van der Waals surface area (Å²) in [7, 11) is 0. The maximum absolute atomic E-state index is 13.6. The molecule has 0 aromatic carbocycles. The van der Waals surface area contributed by atoms with Crippen LogP contribution in [0, 0.1) is 5.82 Å². The topological polar surface area (TPSA) is 35.0 Å². The SMILES string of the molecule is Fc1c(Br)ncnc1C1CCOCC1. The zero-order valence-corrected chi connectivity index (χ0v) is 9.13. The van der Waals surface area contributed by atoms with Crippen LogP contribution in [0.4, 0.5) is 4.39 Å². The van der Waals surface area contributed by atoms with Gasteiger partial charge in [0.25, 0.3) is 0 Å². The molecule has 1 aromatic rings. The van der Waals surface area contributed by atoms with Crippen molar-refractivity contribution < 1.29 is 9.13 Å². The van der Waals surface area contributed by atoms with Gasteiger partial charge >= 0.3 is 0 Å². The van der Waals surface area contributed by atoms with E-state index in [-0.39, 0.29) is 16.3 Å². The Hall–Kier alpha value is -0.550. The van der Waals surface area contributed by atoms with Gasteiger partial charge in [-0.05, 0) is 28.8 Å². The number of rotatable bonds is 1. The molecule has 3 nitrogen and oxygen atoms in total. The molecule has 1 saturated heterocycles. The number of halogens is 2. The summed E-state index contributed by atoms with van der Waals surface area (Å²) in [5, 5.41) is 0. The van der Waals surface area contributed by atoms with E-state index in [2.05, 4.69) is 25.9 Å². The van der Waals surface area contributed by atoms with E-state index in [1.165, 1.54) is 6.33 Å². The fraction of sp³-hybridized carbons (Fsp3) is 0.556. The van der Waals surface area contributed by atoms with Crippen molar-refractivity contribution in [3.8, 4) is 0 Å². The van der Waals surface area contributed by atoms with Crippen LogP contribution in [0.15, 0.2) is 10.9 Å². The Morgan fingerprint density at radius 2 is 2.07 bits per heavy atom. The minimum absolute atomic E-state index is 0.169. The van der Waals surface area contributed by atoms with Crippen molar-refractivity contribution in [2.75, 3.05) is 13.2 Å². The van der Waals surface area contributed by atoms with Gasteiger partial charge in [0, 0.05) is 19.1 Å². The zero-order chi connectivity index (χ0) is 9.97. The highest BCUT2D eigenvalue weighted by atomic mass is 79.9. The lowest BCUT2D eigenvalue weighted by Crippen LogP contribution is -2.16. The number of hydrogen-bond donors (Lipinski definition) is 0. The Labute approximate surface area is 89.8 Å². The Morgan fingerprint density at radius 3 is 2.79 bits per heavy atom. The minimum Gasteiger partial charge on any atom is -0.381 e.